The number of nitrogens with zero attached hydrogens (tertiary/aromatic N) is 1. The summed E-state index contributed by atoms with van der Waals surface area (Å²) in [5.74, 6) is 0.306. The van der Waals surface area contributed by atoms with Crippen molar-refractivity contribution in [1.82, 2.24) is 0 Å². The highest BCUT2D eigenvalue weighted by molar-refractivity contribution is 5.97. The van der Waals surface area contributed by atoms with Crippen molar-refractivity contribution in [2.45, 2.75) is 46.1 Å². The molecule has 0 heterocycles. The molecule has 22 heavy (non-hydrogen) atoms. The Labute approximate surface area is 132 Å². The lowest BCUT2D eigenvalue weighted by Crippen LogP contribution is -2.42. The standard InChI is InChI=1S/C17H24N2O3/c1-5-10-22-17(4,6-2)16(20)19-14-8-9-15(21-7-3)13(11-14)12-18/h8-9,11H,5-7,10H2,1-4H3,(H,19,20). The quantitative estimate of drug-likeness (QED) is 0.798. The fraction of sp³-hybridized carbons (Fsp3) is 0.529. The van der Waals surface area contributed by atoms with Gasteiger partial charge in [-0.1, -0.05) is 13.8 Å². The SMILES string of the molecule is CCCOC(C)(CC)C(=O)Nc1ccc(OCC)c(C#N)c1. The lowest BCUT2D eigenvalue weighted by atomic mass is 10.0. The van der Waals surface area contributed by atoms with Crippen LogP contribution in [0.1, 0.15) is 46.1 Å². The lowest BCUT2D eigenvalue weighted by Gasteiger charge is -2.27. The number of carbonyl (C=O) groups excluding carboxylic acids is 1. The smallest absolute Gasteiger partial charge is 0.256 e. The first-order valence-electron chi connectivity index (χ1n) is 7.63. The Hall–Kier alpha value is -2.06. The van der Waals surface area contributed by atoms with Crippen LogP contribution in [0.25, 0.3) is 0 Å². The number of hydrogen-bond acceptors (Lipinski definition) is 4. The van der Waals surface area contributed by atoms with Gasteiger partial charge >= 0.3 is 0 Å². The minimum atomic E-state index is -0.874. The van der Waals surface area contributed by atoms with Crippen molar-refractivity contribution in [2.75, 3.05) is 18.5 Å². The maximum atomic E-state index is 12.4. The molecular weight excluding hydrogens is 280 g/mol. The van der Waals surface area contributed by atoms with Gasteiger partial charge in [-0.05, 0) is 44.9 Å². The van der Waals surface area contributed by atoms with Gasteiger partial charge in [0.25, 0.3) is 5.91 Å². The van der Waals surface area contributed by atoms with Crippen molar-refractivity contribution in [3.8, 4) is 11.8 Å². The molecule has 120 valence electrons. The summed E-state index contributed by atoms with van der Waals surface area (Å²) in [7, 11) is 0. The molecule has 0 spiro atoms. The number of rotatable bonds is 8. The molecule has 0 aliphatic rings. The maximum absolute atomic E-state index is 12.4. The van der Waals surface area contributed by atoms with E-state index in [1.807, 2.05) is 20.8 Å². The van der Waals surface area contributed by atoms with E-state index in [1.165, 1.54) is 0 Å². The Bertz CT molecular complexity index is 551. The highest BCUT2D eigenvalue weighted by Gasteiger charge is 2.32. The first-order valence-corrected chi connectivity index (χ1v) is 7.63. The molecule has 1 atom stereocenters. The predicted octanol–water partition coefficient (Wildman–Crippen LogP) is 3.49. The van der Waals surface area contributed by atoms with E-state index in [0.717, 1.165) is 6.42 Å². The molecule has 0 aliphatic heterocycles. The van der Waals surface area contributed by atoms with Crippen molar-refractivity contribution < 1.29 is 14.3 Å². The van der Waals surface area contributed by atoms with Gasteiger partial charge in [0.1, 0.15) is 17.4 Å². The summed E-state index contributed by atoms with van der Waals surface area (Å²) in [6.45, 7) is 8.56. The topological polar surface area (TPSA) is 71.3 Å². The van der Waals surface area contributed by atoms with Crippen LogP contribution in [0.3, 0.4) is 0 Å². The van der Waals surface area contributed by atoms with Gasteiger partial charge in [0.2, 0.25) is 0 Å². The monoisotopic (exact) mass is 304 g/mol. The zero-order chi connectivity index (χ0) is 16.6. The van der Waals surface area contributed by atoms with Crippen molar-refractivity contribution in [2.24, 2.45) is 0 Å². The molecule has 0 fully saturated rings. The van der Waals surface area contributed by atoms with Gasteiger partial charge in [-0.25, -0.2) is 0 Å². The molecule has 1 unspecified atom stereocenters. The summed E-state index contributed by atoms with van der Waals surface area (Å²) in [5, 5.41) is 12.0. The summed E-state index contributed by atoms with van der Waals surface area (Å²) in [6, 6.07) is 7.09. The molecule has 5 nitrogen and oxygen atoms in total. The summed E-state index contributed by atoms with van der Waals surface area (Å²) in [4.78, 5) is 12.4. The molecule has 1 N–H and O–H groups in total. The first kappa shape index (κ1) is 18.0. The van der Waals surface area contributed by atoms with Crippen LogP contribution < -0.4 is 10.1 Å². The summed E-state index contributed by atoms with van der Waals surface area (Å²) in [5.41, 5.74) is 0.0820. The highest BCUT2D eigenvalue weighted by Crippen LogP contribution is 2.24. The third-order valence-corrected chi connectivity index (χ3v) is 3.44. The maximum Gasteiger partial charge on any atom is 0.256 e. The molecule has 0 aliphatic carbocycles. The van der Waals surface area contributed by atoms with Gasteiger partial charge in [-0.3, -0.25) is 4.79 Å². The van der Waals surface area contributed by atoms with Gasteiger partial charge in [0.05, 0.1) is 12.2 Å². The van der Waals surface area contributed by atoms with Crippen molar-refractivity contribution in [3.63, 3.8) is 0 Å². The van der Waals surface area contributed by atoms with Gasteiger partial charge in [0.15, 0.2) is 0 Å². The molecule has 1 rings (SSSR count). The normalized spacial score (nSPS) is 13.0. The van der Waals surface area contributed by atoms with E-state index in [2.05, 4.69) is 11.4 Å². The fourth-order valence-electron chi connectivity index (χ4n) is 1.90. The summed E-state index contributed by atoms with van der Waals surface area (Å²) >= 11 is 0. The molecule has 1 amide bonds. The number of nitrogens with one attached hydrogen (secondary N) is 1. The molecular formula is C17H24N2O3. The van der Waals surface area contributed by atoms with E-state index in [9.17, 15) is 4.79 Å². The number of anilines is 1. The molecule has 0 aromatic heterocycles. The van der Waals surface area contributed by atoms with Crippen molar-refractivity contribution in [1.29, 1.82) is 5.26 Å². The van der Waals surface area contributed by atoms with E-state index < -0.39 is 5.60 Å². The average molecular weight is 304 g/mol. The van der Waals surface area contributed by atoms with Crippen LogP contribution in [-0.4, -0.2) is 24.7 Å². The van der Waals surface area contributed by atoms with Crippen LogP contribution in [0, 0.1) is 11.3 Å². The number of amides is 1. The lowest BCUT2D eigenvalue weighted by molar-refractivity contribution is -0.139. The van der Waals surface area contributed by atoms with Crippen LogP contribution in [0.15, 0.2) is 18.2 Å². The Kier molecular flexibility index (Phi) is 6.87. The fourth-order valence-corrected chi connectivity index (χ4v) is 1.90. The first-order chi connectivity index (χ1) is 10.5. The van der Waals surface area contributed by atoms with Gasteiger partial charge in [0, 0.05) is 12.3 Å². The minimum Gasteiger partial charge on any atom is -0.492 e. The third kappa shape index (κ3) is 4.47. The van der Waals surface area contributed by atoms with E-state index in [-0.39, 0.29) is 5.91 Å². The van der Waals surface area contributed by atoms with Gasteiger partial charge < -0.3 is 14.8 Å². The zero-order valence-electron chi connectivity index (χ0n) is 13.7. The molecule has 1 aromatic carbocycles. The van der Waals surface area contributed by atoms with Crippen LogP contribution in [0.4, 0.5) is 5.69 Å². The second-order valence-electron chi connectivity index (χ2n) is 5.14. The predicted molar refractivity (Wildman–Crippen MR) is 85.9 cm³/mol. The second-order valence-corrected chi connectivity index (χ2v) is 5.14. The summed E-state index contributed by atoms with van der Waals surface area (Å²) < 4.78 is 11.0. The van der Waals surface area contributed by atoms with E-state index in [0.29, 0.717) is 36.6 Å². The van der Waals surface area contributed by atoms with Crippen molar-refractivity contribution in [3.05, 3.63) is 23.8 Å². The van der Waals surface area contributed by atoms with Crippen molar-refractivity contribution >= 4 is 11.6 Å². The largest absolute Gasteiger partial charge is 0.492 e. The highest BCUT2D eigenvalue weighted by atomic mass is 16.5. The number of nitriles is 1. The Morgan fingerprint density at radius 2 is 2.09 bits per heavy atom. The third-order valence-electron chi connectivity index (χ3n) is 3.44. The molecule has 0 saturated carbocycles. The minimum absolute atomic E-state index is 0.212. The van der Waals surface area contributed by atoms with Crippen LogP contribution >= 0.6 is 0 Å². The molecule has 5 heteroatoms. The van der Waals surface area contributed by atoms with E-state index in [4.69, 9.17) is 14.7 Å². The van der Waals surface area contributed by atoms with Crippen LogP contribution in [-0.2, 0) is 9.53 Å². The van der Waals surface area contributed by atoms with Crippen LogP contribution in [0.5, 0.6) is 5.75 Å². The number of hydrogen-bond donors (Lipinski definition) is 1. The number of ether oxygens (including phenoxy) is 2. The Balaban J connectivity index is 2.89. The van der Waals surface area contributed by atoms with E-state index >= 15 is 0 Å². The average Bonchev–Trinajstić information content (AvgIpc) is 2.54. The zero-order valence-corrected chi connectivity index (χ0v) is 13.7. The van der Waals surface area contributed by atoms with Gasteiger partial charge in [-0.2, -0.15) is 5.26 Å². The van der Waals surface area contributed by atoms with Gasteiger partial charge in [-0.15, -0.1) is 0 Å². The van der Waals surface area contributed by atoms with E-state index in [1.54, 1.807) is 25.1 Å². The Morgan fingerprint density at radius 3 is 2.64 bits per heavy atom. The molecule has 0 radical (unpaired) electrons. The number of carbonyl (C=O) groups is 1. The number of benzene rings is 1. The molecule has 0 bridgehead atoms. The summed E-state index contributed by atoms with van der Waals surface area (Å²) in [6.07, 6.45) is 1.42. The Morgan fingerprint density at radius 1 is 1.36 bits per heavy atom. The molecule has 1 aromatic rings. The second kappa shape index (κ2) is 8.40. The van der Waals surface area contributed by atoms with Crippen LogP contribution in [0.2, 0.25) is 0 Å². The molecule has 0 saturated heterocycles.